The van der Waals surface area contributed by atoms with E-state index in [1.54, 1.807) is 18.2 Å². The zero-order valence-electron chi connectivity index (χ0n) is 13.0. The maximum Gasteiger partial charge on any atom is 0.334 e. The van der Waals surface area contributed by atoms with Crippen LogP contribution in [0.25, 0.3) is 0 Å². The lowest BCUT2D eigenvalue weighted by atomic mass is 10.2. The van der Waals surface area contributed by atoms with Crippen molar-refractivity contribution >= 4 is 29.4 Å². The molecule has 0 unspecified atom stereocenters. The molecule has 0 radical (unpaired) electrons. The van der Waals surface area contributed by atoms with Crippen molar-refractivity contribution in [2.45, 2.75) is 13.5 Å². The van der Waals surface area contributed by atoms with Crippen molar-refractivity contribution in [3.8, 4) is 0 Å². The van der Waals surface area contributed by atoms with E-state index >= 15 is 0 Å². The standard InChI is InChI=1S/C15H18N4O4/c1-3-16-8-10-5-4-6-11(7-10)17-12(20)9-19-14(22)13(21)18(2)15(19)23/h4-7,16H,3,8-9H2,1-2H3,(H,17,20). The van der Waals surface area contributed by atoms with Gasteiger partial charge < -0.3 is 10.6 Å². The molecule has 8 heteroatoms. The van der Waals surface area contributed by atoms with Gasteiger partial charge in [0.2, 0.25) is 5.91 Å². The number of imide groups is 2. The fourth-order valence-corrected chi connectivity index (χ4v) is 2.13. The summed E-state index contributed by atoms with van der Waals surface area (Å²) in [6.07, 6.45) is 0. The summed E-state index contributed by atoms with van der Waals surface area (Å²) in [6, 6.07) is 6.42. The van der Waals surface area contributed by atoms with Gasteiger partial charge in [0.15, 0.2) is 0 Å². The van der Waals surface area contributed by atoms with Crippen LogP contribution in [-0.2, 0) is 20.9 Å². The molecule has 1 fully saturated rings. The van der Waals surface area contributed by atoms with Crippen molar-refractivity contribution in [3.63, 3.8) is 0 Å². The minimum absolute atomic E-state index is 0.495. The second kappa shape index (κ2) is 7.01. The lowest BCUT2D eigenvalue weighted by Crippen LogP contribution is -2.38. The second-order valence-corrected chi connectivity index (χ2v) is 5.07. The maximum atomic E-state index is 12.0. The van der Waals surface area contributed by atoms with Crippen LogP contribution in [0, 0.1) is 0 Å². The highest BCUT2D eigenvalue weighted by molar-refractivity contribution is 6.44. The molecule has 5 amide bonds. The molecular formula is C15H18N4O4. The summed E-state index contributed by atoms with van der Waals surface area (Å²) < 4.78 is 0. The van der Waals surface area contributed by atoms with E-state index in [0.717, 1.165) is 12.1 Å². The molecule has 0 aliphatic carbocycles. The molecule has 1 aromatic rings. The van der Waals surface area contributed by atoms with Gasteiger partial charge in [0.05, 0.1) is 0 Å². The molecular weight excluding hydrogens is 300 g/mol. The van der Waals surface area contributed by atoms with Crippen LogP contribution in [0.3, 0.4) is 0 Å². The van der Waals surface area contributed by atoms with E-state index in [9.17, 15) is 19.2 Å². The van der Waals surface area contributed by atoms with Gasteiger partial charge in [-0.25, -0.2) is 9.69 Å². The number of nitrogens with one attached hydrogen (secondary N) is 2. The Morgan fingerprint density at radius 1 is 1.17 bits per heavy atom. The summed E-state index contributed by atoms with van der Waals surface area (Å²) >= 11 is 0. The zero-order chi connectivity index (χ0) is 17.0. The molecule has 1 aliphatic rings. The Hall–Kier alpha value is -2.74. The Labute approximate surface area is 133 Å². The normalized spacial score (nSPS) is 14.6. The third-order valence-electron chi connectivity index (χ3n) is 3.34. The van der Waals surface area contributed by atoms with E-state index in [4.69, 9.17) is 0 Å². The topological polar surface area (TPSA) is 98.8 Å². The molecule has 1 heterocycles. The predicted octanol–water partition coefficient (Wildman–Crippen LogP) is 0.155. The zero-order valence-corrected chi connectivity index (χ0v) is 13.0. The summed E-state index contributed by atoms with van der Waals surface area (Å²) in [5, 5.41) is 5.79. The smallest absolute Gasteiger partial charge is 0.325 e. The van der Waals surface area contributed by atoms with E-state index in [2.05, 4.69) is 10.6 Å². The van der Waals surface area contributed by atoms with E-state index in [1.165, 1.54) is 7.05 Å². The monoisotopic (exact) mass is 318 g/mol. The Balaban J connectivity index is 1.99. The van der Waals surface area contributed by atoms with Crippen LogP contribution in [0.15, 0.2) is 24.3 Å². The van der Waals surface area contributed by atoms with Gasteiger partial charge in [-0.2, -0.15) is 0 Å². The third kappa shape index (κ3) is 3.72. The summed E-state index contributed by atoms with van der Waals surface area (Å²) in [7, 11) is 1.20. The highest BCUT2D eigenvalue weighted by atomic mass is 16.2. The van der Waals surface area contributed by atoms with E-state index in [1.807, 2.05) is 13.0 Å². The number of amides is 5. The Morgan fingerprint density at radius 3 is 2.52 bits per heavy atom. The first-order valence-corrected chi connectivity index (χ1v) is 7.17. The van der Waals surface area contributed by atoms with Crippen molar-refractivity contribution in [2.75, 3.05) is 25.5 Å². The van der Waals surface area contributed by atoms with Crippen molar-refractivity contribution in [1.29, 1.82) is 0 Å². The number of urea groups is 1. The molecule has 0 saturated carbocycles. The van der Waals surface area contributed by atoms with Gasteiger partial charge in [0, 0.05) is 19.3 Å². The van der Waals surface area contributed by atoms with Crippen LogP contribution in [0.5, 0.6) is 0 Å². The summed E-state index contributed by atoms with van der Waals surface area (Å²) in [5.74, 6) is -2.47. The molecule has 122 valence electrons. The fourth-order valence-electron chi connectivity index (χ4n) is 2.13. The Bertz CT molecular complexity index is 659. The molecule has 0 bridgehead atoms. The minimum atomic E-state index is -0.992. The van der Waals surface area contributed by atoms with Gasteiger partial charge in [0.1, 0.15) is 6.54 Å². The molecule has 1 saturated heterocycles. The third-order valence-corrected chi connectivity index (χ3v) is 3.34. The summed E-state index contributed by atoms with van der Waals surface area (Å²) in [6.45, 7) is 3.00. The first-order chi connectivity index (χ1) is 10.9. The maximum absolute atomic E-state index is 12.0. The first-order valence-electron chi connectivity index (χ1n) is 7.17. The molecule has 0 spiro atoms. The number of hydrogen-bond acceptors (Lipinski definition) is 5. The second-order valence-electron chi connectivity index (χ2n) is 5.07. The predicted molar refractivity (Wildman–Crippen MR) is 82.3 cm³/mol. The van der Waals surface area contributed by atoms with Crippen LogP contribution in [-0.4, -0.2) is 53.7 Å². The minimum Gasteiger partial charge on any atom is -0.325 e. The van der Waals surface area contributed by atoms with Gasteiger partial charge in [-0.3, -0.25) is 19.3 Å². The first kappa shape index (κ1) is 16.6. The number of carbonyl (C=O) groups excluding carboxylic acids is 4. The molecule has 1 aromatic carbocycles. The molecule has 1 aliphatic heterocycles. The average molecular weight is 318 g/mol. The van der Waals surface area contributed by atoms with Crippen LogP contribution in [0.2, 0.25) is 0 Å². The fraction of sp³-hybridized carbons (Fsp3) is 0.333. The SMILES string of the molecule is CCNCc1cccc(NC(=O)CN2C(=O)C(=O)N(C)C2=O)c1. The van der Waals surface area contributed by atoms with Crippen molar-refractivity contribution in [1.82, 2.24) is 15.1 Å². The van der Waals surface area contributed by atoms with Gasteiger partial charge >= 0.3 is 17.8 Å². The highest BCUT2D eigenvalue weighted by Crippen LogP contribution is 2.12. The van der Waals surface area contributed by atoms with Crippen molar-refractivity contribution in [3.05, 3.63) is 29.8 Å². The van der Waals surface area contributed by atoms with Crippen molar-refractivity contribution < 1.29 is 19.2 Å². The summed E-state index contributed by atoms with van der Waals surface area (Å²) in [4.78, 5) is 48.0. The molecule has 0 atom stereocenters. The average Bonchev–Trinajstić information content (AvgIpc) is 2.71. The largest absolute Gasteiger partial charge is 0.334 e. The quantitative estimate of drug-likeness (QED) is 0.575. The Morgan fingerprint density at radius 2 is 1.91 bits per heavy atom. The van der Waals surface area contributed by atoms with Gasteiger partial charge in [-0.1, -0.05) is 19.1 Å². The number of rotatable bonds is 6. The van der Waals surface area contributed by atoms with Crippen LogP contribution >= 0.6 is 0 Å². The van der Waals surface area contributed by atoms with E-state index in [0.29, 0.717) is 22.0 Å². The van der Waals surface area contributed by atoms with Crippen molar-refractivity contribution in [2.24, 2.45) is 0 Å². The molecule has 23 heavy (non-hydrogen) atoms. The number of likely N-dealkylation sites (N-methyl/N-ethyl adjacent to an activating group) is 1. The Kier molecular flexibility index (Phi) is 5.07. The summed E-state index contributed by atoms with van der Waals surface area (Å²) in [5.41, 5.74) is 1.55. The number of carbonyl (C=O) groups is 4. The molecule has 2 N–H and O–H groups in total. The number of hydrogen-bond donors (Lipinski definition) is 2. The number of anilines is 1. The van der Waals surface area contributed by atoms with Gasteiger partial charge in [-0.15, -0.1) is 0 Å². The highest BCUT2D eigenvalue weighted by Gasteiger charge is 2.42. The van der Waals surface area contributed by atoms with Gasteiger partial charge in [-0.05, 0) is 24.2 Å². The molecule has 8 nitrogen and oxygen atoms in total. The van der Waals surface area contributed by atoms with Gasteiger partial charge in [0.25, 0.3) is 0 Å². The van der Waals surface area contributed by atoms with Crippen LogP contribution in [0.1, 0.15) is 12.5 Å². The lowest BCUT2D eigenvalue weighted by molar-refractivity contribution is -0.143. The van der Waals surface area contributed by atoms with E-state index in [-0.39, 0.29) is 0 Å². The number of nitrogens with zero attached hydrogens (tertiary/aromatic N) is 2. The number of benzene rings is 1. The molecule has 2 rings (SSSR count). The molecule has 0 aromatic heterocycles. The van der Waals surface area contributed by atoms with Crippen LogP contribution in [0.4, 0.5) is 10.5 Å². The van der Waals surface area contributed by atoms with E-state index < -0.39 is 30.3 Å². The lowest BCUT2D eigenvalue weighted by Gasteiger charge is -2.13. The van der Waals surface area contributed by atoms with Crippen LogP contribution < -0.4 is 10.6 Å².